The third-order valence-electron chi connectivity index (χ3n) is 6.57. The maximum absolute atomic E-state index is 14.6. The molecule has 0 bridgehead atoms. The SMILES string of the molecule is CC1CC(c2ncc(-c3nc(Nc4ccc(C(=O)N5CCC(F)CC5)cc4)ncc3F)[nH]2)CCO1. The Labute approximate surface area is 202 Å². The fourth-order valence-electron chi connectivity index (χ4n) is 4.59. The lowest BCUT2D eigenvalue weighted by molar-refractivity contribution is 0.0174. The number of ether oxygens (including phenoxy) is 1. The van der Waals surface area contributed by atoms with Crippen LogP contribution in [0.25, 0.3) is 11.4 Å². The average Bonchev–Trinajstić information content (AvgIpc) is 3.36. The van der Waals surface area contributed by atoms with Gasteiger partial charge in [0.1, 0.15) is 17.7 Å². The number of rotatable bonds is 5. The predicted molar refractivity (Wildman–Crippen MR) is 127 cm³/mol. The van der Waals surface area contributed by atoms with Crippen LogP contribution in [0, 0.1) is 5.82 Å². The molecule has 0 spiro atoms. The molecule has 35 heavy (non-hydrogen) atoms. The van der Waals surface area contributed by atoms with E-state index in [2.05, 4.69) is 25.3 Å². The monoisotopic (exact) mass is 482 g/mol. The molecule has 2 N–H and O–H groups in total. The number of halogens is 2. The highest BCUT2D eigenvalue weighted by atomic mass is 19.1. The molecule has 2 aliphatic rings. The number of nitrogens with one attached hydrogen (secondary N) is 2. The normalized spacial score (nSPS) is 21.2. The molecule has 0 aliphatic carbocycles. The van der Waals surface area contributed by atoms with Gasteiger partial charge in [0.15, 0.2) is 5.82 Å². The van der Waals surface area contributed by atoms with E-state index in [1.165, 1.54) is 0 Å². The number of amides is 1. The molecule has 2 fully saturated rings. The maximum Gasteiger partial charge on any atom is 0.253 e. The first kappa shape index (κ1) is 23.3. The van der Waals surface area contributed by atoms with Crippen molar-refractivity contribution < 1.29 is 18.3 Å². The summed E-state index contributed by atoms with van der Waals surface area (Å²) in [5, 5.41) is 3.05. The van der Waals surface area contributed by atoms with Gasteiger partial charge in [-0.15, -0.1) is 0 Å². The van der Waals surface area contributed by atoms with Gasteiger partial charge in [-0.1, -0.05) is 0 Å². The minimum absolute atomic E-state index is 0.113. The van der Waals surface area contributed by atoms with E-state index in [0.717, 1.165) is 24.9 Å². The molecule has 8 nitrogen and oxygen atoms in total. The first-order valence-corrected chi connectivity index (χ1v) is 12.0. The van der Waals surface area contributed by atoms with Crippen LogP contribution in [0.3, 0.4) is 0 Å². The number of likely N-dealkylation sites (tertiary alicyclic amines) is 1. The first-order valence-electron chi connectivity index (χ1n) is 12.0. The van der Waals surface area contributed by atoms with Crippen LogP contribution in [0.4, 0.5) is 20.4 Å². The number of piperidine rings is 1. The Bertz CT molecular complexity index is 1180. The zero-order valence-corrected chi connectivity index (χ0v) is 19.5. The number of hydrogen-bond donors (Lipinski definition) is 2. The van der Waals surface area contributed by atoms with Crippen LogP contribution in [0.15, 0.2) is 36.7 Å². The molecule has 2 aromatic heterocycles. The van der Waals surface area contributed by atoms with Crippen molar-refractivity contribution in [2.24, 2.45) is 0 Å². The lowest BCUT2D eigenvalue weighted by Crippen LogP contribution is -2.39. The van der Waals surface area contributed by atoms with E-state index in [4.69, 9.17) is 4.74 Å². The summed E-state index contributed by atoms with van der Waals surface area (Å²) in [6.07, 6.45) is 4.53. The highest BCUT2D eigenvalue weighted by Crippen LogP contribution is 2.30. The summed E-state index contributed by atoms with van der Waals surface area (Å²) < 4.78 is 33.5. The van der Waals surface area contributed by atoms with Crippen LogP contribution in [0.2, 0.25) is 0 Å². The fourth-order valence-corrected chi connectivity index (χ4v) is 4.59. The first-order chi connectivity index (χ1) is 17.0. The third-order valence-corrected chi connectivity index (χ3v) is 6.57. The van der Waals surface area contributed by atoms with Gasteiger partial charge < -0.3 is 19.9 Å². The van der Waals surface area contributed by atoms with Crippen LogP contribution in [0.1, 0.15) is 54.7 Å². The van der Waals surface area contributed by atoms with Crippen molar-refractivity contribution in [3.63, 3.8) is 0 Å². The van der Waals surface area contributed by atoms with Crippen LogP contribution in [-0.2, 0) is 4.74 Å². The lowest BCUT2D eigenvalue weighted by Gasteiger charge is -2.28. The number of alkyl halides is 1. The molecule has 2 atom stereocenters. The number of benzene rings is 1. The van der Waals surface area contributed by atoms with Crippen molar-refractivity contribution >= 4 is 17.5 Å². The Morgan fingerprint density at radius 1 is 1.14 bits per heavy atom. The smallest absolute Gasteiger partial charge is 0.253 e. The summed E-state index contributed by atoms with van der Waals surface area (Å²) in [6.45, 7) is 3.57. The molecule has 10 heteroatoms. The molecule has 5 rings (SSSR count). The zero-order valence-electron chi connectivity index (χ0n) is 19.5. The van der Waals surface area contributed by atoms with Gasteiger partial charge in [0.05, 0.1) is 24.2 Å². The Morgan fingerprint density at radius 3 is 2.66 bits per heavy atom. The number of anilines is 2. The number of nitrogens with zero attached hydrogens (tertiary/aromatic N) is 4. The van der Waals surface area contributed by atoms with Crippen LogP contribution < -0.4 is 5.32 Å². The number of carbonyl (C=O) groups excluding carboxylic acids is 1. The Kier molecular flexibility index (Phi) is 6.72. The number of imidazole rings is 1. The number of hydrogen-bond acceptors (Lipinski definition) is 6. The van der Waals surface area contributed by atoms with E-state index >= 15 is 0 Å². The molecule has 1 amide bonds. The number of aromatic nitrogens is 4. The zero-order chi connectivity index (χ0) is 24.4. The van der Waals surface area contributed by atoms with Crippen molar-refractivity contribution in [3.8, 4) is 11.4 Å². The van der Waals surface area contributed by atoms with E-state index in [9.17, 15) is 13.6 Å². The standard InChI is InChI=1S/C25H28F2N6O2/c1-15-12-17(8-11-35-15)23-28-14-21(31-23)22-20(27)13-29-25(32-22)30-19-4-2-16(3-5-19)24(34)33-9-6-18(26)7-10-33/h2-5,13-15,17-18H,6-12H2,1H3,(H,28,31)(H,29,30,32). The fraction of sp³-hybridized carbons (Fsp3) is 0.440. The van der Waals surface area contributed by atoms with E-state index < -0.39 is 12.0 Å². The summed E-state index contributed by atoms with van der Waals surface area (Å²) in [7, 11) is 0. The molecule has 0 radical (unpaired) electrons. The lowest BCUT2D eigenvalue weighted by atomic mass is 9.96. The Morgan fingerprint density at radius 2 is 1.91 bits per heavy atom. The summed E-state index contributed by atoms with van der Waals surface area (Å²) >= 11 is 0. The van der Waals surface area contributed by atoms with Crippen LogP contribution >= 0.6 is 0 Å². The van der Waals surface area contributed by atoms with Crippen molar-refractivity contribution in [1.29, 1.82) is 0 Å². The molecule has 2 saturated heterocycles. The number of H-pyrrole nitrogens is 1. The maximum atomic E-state index is 14.6. The molecule has 2 aliphatic heterocycles. The van der Waals surface area contributed by atoms with Gasteiger partial charge >= 0.3 is 0 Å². The Balaban J connectivity index is 1.27. The predicted octanol–water partition coefficient (Wildman–Crippen LogP) is 4.61. The molecule has 184 valence electrons. The van der Waals surface area contributed by atoms with Crippen LogP contribution in [-0.4, -0.2) is 62.7 Å². The minimum atomic E-state index is -0.829. The summed E-state index contributed by atoms with van der Waals surface area (Å²) in [6, 6.07) is 6.88. The van der Waals surface area contributed by atoms with Crippen molar-refractivity contribution in [3.05, 3.63) is 53.9 Å². The summed E-state index contributed by atoms with van der Waals surface area (Å²) in [5.74, 6) is 0.599. The highest BCUT2D eigenvalue weighted by Gasteiger charge is 2.25. The van der Waals surface area contributed by atoms with Gasteiger partial charge in [0.25, 0.3) is 5.91 Å². The number of aromatic amines is 1. The van der Waals surface area contributed by atoms with E-state index in [-0.39, 0.29) is 29.6 Å². The van der Waals surface area contributed by atoms with Gasteiger partial charge in [-0.25, -0.2) is 23.7 Å². The van der Waals surface area contributed by atoms with E-state index in [1.54, 1.807) is 35.4 Å². The second kappa shape index (κ2) is 10.1. The van der Waals surface area contributed by atoms with Crippen LogP contribution in [0.5, 0.6) is 0 Å². The third kappa shape index (κ3) is 5.32. The molecular formula is C25H28F2N6O2. The average molecular weight is 483 g/mol. The quantitative estimate of drug-likeness (QED) is 0.552. The van der Waals surface area contributed by atoms with Gasteiger partial charge in [0, 0.05) is 36.9 Å². The second-order valence-corrected chi connectivity index (χ2v) is 9.14. The second-order valence-electron chi connectivity index (χ2n) is 9.14. The number of carbonyl (C=O) groups is 1. The summed E-state index contributed by atoms with van der Waals surface area (Å²) in [5.41, 5.74) is 1.80. The Hall–Kier alpha value is -3.40. The molecule has 4 heterocycles. The van der Waals surface area contributed by atoms with Gasteiger partial charge in [0.2, 0.25) is 5.95 Å². The molecule has 3 aromatic rings. The largest absolute Gasteiger partial charge is 0.378 e. The van der Waals surface area contributed by atoms with Gasteiger partial charge in [-0.3, -0.25) is 4.79 Å². The van der Waals surface area contributed by atoms with Crippen molar-refractivity contribution in [2.45, 2.75) is 50.8 Å². The molecular weight excluding hydrogens is 454 g/mol. The minimum Gasteiger partial charge on any atom is -0.378 e. The topological polar surface area (TPSA) is 96.0 Å². The summed E-state index contributed by atoms with van der Waals surface area (Å²) in [4.78, 5) is 30.4. The molecule has 0 saturated carbocycles. The van der Waals surface area contributed by atoms with Crippen molar-refractivity contribution in [2.75, 3.05) is 25.0 Å². The molecule has 2 unspecified atom stereocenters. The van der Waals surface area contributed by atoms with Gasteiger partial charge in [-0.2, -0.15) is 0 Å². The van der Waals surface area contributed by atoms with E-state index in [1.807, 2.05) is 6.92 Å². The molecule has 1 aromatic carbocycles. The van der Waals surface area contributed by atoms with Gasteiger partial charge in [-0.05, 0) is 56.9 Å². The highest BCUT2D eigenvalue weighted by molar-refractivity contribution is 5.94. The van der Waals surface area contributed by atoms with E-state index in [0.29, 0.717) is 49.5 Å². The van der Waals surface area contributed by atoms with Crippen molar-refractivity contribution in [1.82, 2.24) is 24.8 Å².